The van der Waals surface area contributed by atoms with Crippen molar-refractivity contribution in [3.05, 3.63) is 100 Å². The molecule has 8 rings (SSSR count). The number of hydrogen-bond donors (Lipinski definition) is 1. The number of aromatic hydroxyl groups is 1. The average Bonchev–Trinajstić information content (AvgIpc) is 3.60. The number of hydrogen-bond acceptors (Lipinski definition) is 6. The third kappa shape index (κ3) is 3.85. The van der Waals surface area contributed by atoms with Crippen LogP contribution in [0.4, 0.5) is 4.39 Å². The van der Waals surface area contributed by atoms with Crippen molar-refractivity contribution in [2.24, 2.45) is 0 Å². The standard InChI is InChI=1S/C33H28FN3O4/c1-39-31-15-24(33-35-26-7-2-3-8-27(26)37(33)16-19-5-4-6-21(34)11-19)23-13-28-22-14-30-29(40-18-41-30)12-20(22)9-10-36(28)17-25(23)32(31)38/h2-8,11-12,14-15,28,38H,9-10,13,16-18H2,1H3. The highest BCUT2D eigenvalue weighted by Gasteiger charge is 2.37. The predicted molar refractivity (Wildman–Crippen MR) is 152 cm³/mol. The van der Waals surface area contributed by atoms with Crippen molar-refractivity contribution in [1.29, 1.82) is 0 Å². The second-order valence-corrected chi connectivity index (χ2v) is 10.9. The van der Waals surface area contributed by atoms with Crippen LogP contribution in [-0.2, 0) is 25.9 Å². The van der Waals surface area contributed by atoms with E-state index in [0.29, 0.717) is 25.3 Å². The Kier molecular flexibility index (Phi) is 5.47. The zero-order valence-corrected chi connectivity index (χ0v) is 22.6. The molecule has 3 aliphatic rings. The van der Waals surface area contributed by atoms with Gasteiger partial charge in [-0.3, -0.25) is 4.90 Å². The molecular formula is C33H28FN3O4. The Balaban J connectivity index is 1.31. The molecule has 0 amide bonds. The van der Waals surface area contributed by atoms with Gasteiger partial charge in [0.1, 0.15) is 11.6 Å². The molecule has 4 aromatic carbocycles. The molecule has 0 aliphatic carbocycles. The highest BCUT2D eigenvalue weighted by Crippen LogP contribution is 2.49. The first kappa shape index (κ1) is 24.3. The van der Waals surface area contributed by atoms with Crippen molar-refractivity contribution in [2.75, 3.05) is 20.4 Å². The zero-order chi connectivity index (χ0) is 27.7. The lowest BCUT2D eigenvalue weighted by Crippen LogP contribution is -2.39. The number of ether oxygens (including phenoxy) is 3. The van der Waals surface area contributed by atoms with E-state index in [1.807, 2.05) is 36.4 Å². The van der Waals surface area contributed by atoms with Crippen LogP contribution < -0.4 is 14.2 Å². The Hall–Kier alpha value is -4.56. The molecule has 206 valence electrons. The van der Waals surface area contributed by atoms with Gasteiger partial charge in [0.2, 0.25) is 6.79 Å². The topological polar surface area (TPSA) is 69.0 Å². The molecule has 1 atom stereocenters. The SMILES string of the molecule is COc1cc(-c2nc3ccccc3n2Cc2cccc(F)c2)c2c(c1O)CN1CCc3cc4c(cc3C1C2)OCO4. The fourth-order valence-corrected chi connectivity index (χ4v) is 6.73. The summed E-state index contributed by atoms with van der Waals surface area (Å²) in [6, 6.07) is 20.9. The maximum Gasteiger partial charge on any atom is 0.231 e. The minimum absolute atomic E-state index is 0.119. The fraction of sp³-hybridized carbons (Fsp3) is 0.242. The summed E-state index contributed by atoms with van der Waals surface area (Å²) >= 11 is 0. The summed E-state index contributed by atoms with van der Waals surface area (Å²) in [6.07, 6.45) is 1.59. The quantitative estimate of drug-likeness (QED) is 0.297. The van der Waals surface area contributed by atoms with Gasteiger partial charge in [0.15, 0.2) is 23.0 Å². The van der Waals surface area contributed by atoms with Crippen molar-refractivity contribution < 1.29 is 23.7 Å². The van der Waals surface area contributed by atoms with Gasteiger partial charge in [-0.15, -0.1) is 0 Å². The van der Waals surface area contributed by atoms with Crippen LogP contribution in [0, 0.1) is 5.82 Å². The summed E-state index contributed by atoms with van der Waals surface area (Å²) in [5.41, 5.74) is 7.99. The first-order valence-corrected chi connectivity index (χ1v) is 13.9. The fourth-order valence-electron chi connectivity index (χ4n) is 6.73. The van der Waals surface area contributed by atoms with Crippen LogP contribution >= 0.6 is 0 Å². The highest BCUT2D eigenvalue weighted by atomic mass is 19.1. The van der Waals surface area contributed by atoms with Gasteiger partial charge in [0.05, 0.1) is 18.1 Å². The van der Waals surface area contributed by atoms with Crippen LogP contribution in [-0.4, -0.2) is 40.0 Å². The Bertz CT molecular complexity index is 1850. The Morgan fingerprint density at radius 1 is 1.02 bits per heavy atom. The summed E-state index contributed by atoms with van der Waals surface area (Å²) in [4.78, 5) is 7.51. The van der Waals surface area contributed by atoms with E-state index in [1.54, 1.807) is 19.2 Å². The lowest BCUT2D eigenvalue weighted by atomic mass is 9.81. The summed E-state index contributed by atoms with van der Waals surface area (Å²) in [5, 5.41) is 11.3. The van der Waals surface area contributed by atoms with Crippen LogP contribution in [0.25, 0.3) is 22.4 Å². The molecule has 0 radical (unpaired) electrons. The van der Waals surface area contributed by atoms with Crippen molar-refractivity contribution in [2.45, 2.75) is 32.0 Å². The van der Waals surface area contributed by atoms with E-state index in [2.05, 4.69) is 21.6 Å². The molecule has 0 saturated carbocycles. The van der Waals surface area contributed by atoms with Crippen molar-refractivity contribution in [3.8, 4) is 34.4 Å². The van der Waals surface area contributed by atoms with Gasteiger partial charge in [0, 0.05) is 36.8 Å². The summed E-state index contributed by atoms with van der Waals surface area (Å²) in [7, 11) is 1.58. The van der Waals surface area contributed by atoms with Crippen molar-refractivity contribution in [3.63, 3.8) is 0 Å². The minimum atomic E-state index is -0.269. The number of nitrogens with zero attached hydrogens (tertiary/aromatic N) is 3. The zero-order valence-electron chi connectivity index (χ0n) is 22.6. The third-order valence-electron chi connectivity index (χ3n) is 8.69. The highest BCUT2D eigenvalue weighted by molar-refractivity contribution is 5.83. The van der Waals surface area contributed by atoms with Crippen LogP contribution in [0.15, 0.2) is 66.7 Å². The molecule has 1 aromatic heterocycles. The maximum absolute atomic E-state index is 14.2. The van der Waals surface area contributed by atoms with Crippen LogP contribution in [0.3, 0.4) is 0 Å². The van der Waals surface area contributed by atoms with Crippen LogP contribution in [0.2, 0.25) is 0 Å². The number of phenols is 1. The molecule has 0 spiro atoms. The van der Waals surface area contributed by atoms with E-state index in [4.69, 9.17) is 19.2 Å². The monoisotopic (exact) mass is 549 g/mol. The molecule has 3 aliphatic heterocycles. The van der Waals surface area contributed by atoms with Crippen molar-refractivity contribution >= 4 is 11.0 Å². The molecule has 1 N–H and O–H groups in total. The number of benzene rings is 4. The predicted octanol–water partition coefficient (Wildman–Crippen LogP) is 5.99. The molecule has 5 aromatic rings. The van der Waals surface area contributed by atoms with E-state index in [0.717, 1.165) is 63.6 Å². The molecule has 0 saturated heterocycles. The van der Waals surface area contributed by atoms with E-state index in [-0.39, 0.29) is 24.4 Å². The van der Waals surface area contributed by atoms with E-state index < -0.39 is 0 Å². The van der Waals surface area contributed by atoms with Gasteiger partial charge in [-0.2, -0.15) is 0 Å². The number of imidazole rings is 1. The number of methoxy groups -OCH3 is 1. The van der Waals surface area contributed by atoms with Gasteiger partial charge in [-0.05, 0) is 77.6 Å². The number of para-hydroxylation sites is 2. The smallest absolute Gasteiger partial charge is 0.231 e. The lowest BCUT2D eigenvalue weighted by molar-refractivity contribution is 0.158. The summed E-state index contributed by atoms with van der Waals surface area (Å²) in [5.74, 6) is 2.68. The number of phenolic OH excluding ortho intramolecular Hbond substituents is 1. The largest absolute Gasteiger partial charge is 0.504 e. The van der Waals surface area contributed by atoms with Crippen LogP contribution in [0.5, 0.6) is 23.0 Å². The molecule has 1 unspecified atom stereocenters. The molecule has 41 heavy (non-hydrogen) atoms. The number of fused-ring (bicyclic) bond motifs is 6. The van der Waals surface area contributed by atoms with Gasteiger partial charge in [0.25, 0.3) is 0 Å². The Morgan fingerprint density at radius 2 is 1.88 bits per heavy atom. The van der Waals surface area contributed by atoms with Gasteiger partial charge >= 0.3 is 0 Å². The molecule has 0 fully saturated rings. The normalized spacial score (nSPS) is 17.3. The first-order valence-electron chi connectivity index (χ1n) is 13.9. The third-order valence-corrected chi connectivity index (χ3v) is 8.69. The maximum atomic E-state index is 14.2. The molecule has 8 heteroatoms. The van der Waals surface area contributed by atoms with Gasteiger partial charge in [-0.25, -0.2) is 9.37 Å². The summed E-state index contributed by atoms with van der Waals surface area (Å²) in [6.45, 7) is 2.16. The van der Waals surface area contributed by atoms with Crippen molar-refractivity contribution in [1.82, 2.24) is 14.5 Å². The summed E-state index contributed by atoms with van der Waals surface area (Å²) < 4.78 is 33.4. The van der Waals surface area contributed by atoms with E-state index in [9.17, 15) is 9.50 Å². The average molecular weight is 550 g/mol. The van der Waals surface area contributed by atoms with E-state index in [1.165, 1.54) is 17.2 Å². The second kappa shape index (κ2) is 9.24. The van der Waals surface area contributed by atoms with Gasteiger partial charge in [-0.1, -0.05) is 24.3 Å². The number of rotatable bonds is 4. The van der Waals surface area contributed by atoms with Gasteiger partial charge < -0.3 is 23.9 Å². The molecule has 0 bridgehead atoms. The lowest BCUT2D eigenvalue weighted by Gasteiger charge is -2.42. The Labute approximate surface area is 236 Å². The molecule has 7 nitrogen and oxygen atoms in total. The molecular weight excluding hydrogens is 521 g/mol. The Morgan fingerprint density at radius 3 is 2.73 bits per heavy atom. The number of halogens is 1. The number of aromatic nitrogens is 2. The molecule has 4 heterocycles. The minimum Gasteiger partial charge on any atom is -0.504 e. The van der Waals surface area contributed by atoms with E-state index >= 15 is 0 Å². The second-order valence-electron chi connectivity index (χ2n) is 10.9. The first-order chi connectivity index (χ1) is 20.1. The van der Waals surface area contributed by atoms with Crippen LogP contribution in [0.1, 0.15) is 33.9 Å².